The minimum Gasteiger partial charge on any atom is -0.396 e. The molecule has 0 aromatic rings. The summed E-state index contributed by atoms with van der Waals surface area (Å²) in [5.41, 5.74) is 0. The highest BCUT2D eigenvalue weighted by atomic mass is 16.2. The van der Waals surface area contributed by atoms with Gasteiger partial charge >= 0.3 is 0 Å². The highest BCUT2D eigenvalue weighted by molar-refractivity contribution is 4.97. The molecule has 1 aliphatic rings. The second-order valence-corrected chi connectivity index (χ2v) is 7.62. The molecule has 140 valence electrons. The van der Waals surface area contributed by atoms with Crippen LogP contribution in [0.2, 0.25) is 0 Å². The zero-order chi connectivity index (χ0) is 17.3. The topological polar surface area (TPSA) is 20.2 Å². The number of aliphatic hydroxyl groups is 1. The summed E-state index contributed by atoms with van der Waals surface area (Å²) >= 11 is 0. The molecule has 1 nitrogen and oxygen atoms in total. The maximum atomic E-state index is 8.77. The Labute approximate surface area is 151 Å². The first kappa shape index (κ1) is 21.5. The van der Waals surface area contributed by atoms with E-state index in [4.69, 9.17) is 5.11 Å². The van der Waals surface area contributed by atoms with E-state index in [1.165, 1.54) is 83.5 Å². The van der Waals surface area contributed by atoms with E-state index < -0.39 is 0 Å². The van der Waals surface area contributed by atoms with Gasteiger partial charge in [-0.25, -0.2) is 0 Å². The van der Waals surface area contributed by atoms with Crippen molar-refractivity contribution in [3.63, 3.8) is 0 Å². The smallest absolute Gasteiger partial charge is 0.0431 e. The zero-order valence-electron chi connectivity index (χ0n) is 16.2. The molecule has 1 heteroatoms. The summed E-state index contributed by atoms with van der Waals surface area (Å²) in [6, 6.07) is 0. The van der Waals surface area contributed by atoms with Gasteiger partial charge in [0.15, 0.2) is 0 Å². The predicted octanol–water partition coefficient (Wildman–Crippen LogP) is 7.21. The van der Waals surface area contributed by atoms with Gasteiger partial charge in [0, 0.05) is 6.61 Å². The third kappa shape index (κ3) is 11.1. The van der Waals surface area contributed by atoms with Crippen molar-refractivity contribution < 1.29 is 5.11 Å². The van der Waals surface area contributed by atoms with Crippen LogP contribution in [0.25, 0.3) is 0 Å². The van der Waals surface area contributed by atoms with Crippen molar-refractivity contribution in [2.45, 2.75) is 103 Å². The average Bonchev–Trinajstić information content (AvgIpc) is 3.04. The highest BCUT2D eigenvalue weighted by Gasteiger charge is 2.23. The van der Waals surface area contributed by atoms with Crippen molar-refractivity contribution in [2.24, 2.45) is 11.8 Å². The summed E-state index contributed by atoms with van der Waals surface area (Å²) in [6.45, 7) is 2.63. The lowest BCUT2D eigenvalue weighted by Gasteiger charge is -2.14. The van der Waals surface area contributed by atoms with Gasteiger partial charge in [-0.05, 0) is 63.2 Å². The van der Waals surface area contributed by atoms with Crippen molar-refractivity contribution in [1.29, 1.82) is 0 Å². The standard InChI is InChI=1S/C23H42O/c1-2-3-4-5-6-7-10-13-17-22-19-16-20-23(22)18-14-11-8-9-12-15-21-24/h11,13-14,17,22-24H,2-10,12,15-16,18-21H2,1H3/b14-11-,17-13+/t22-,23-/m0/s1. The molecular formula is C23H42O. The van der Waals surface area contributed by atoms with E-state index >= 15 is 0 Å². The quantitative estimate of drug-likeness (QED) is 0.248. The van der Waals surface area contributed by atoms with E-state index in [0.29, 0.717) is 6.61 Å². The van der Waals surface area contributed by atoms with Gasteiger partial charge in [0.25, 0.3) is 0 Å². The van der Waals surface area contributed by atoms with Crippen molar-refractivity contribution in [3.05, 3.63) is 24.3 Å². The lowest BCUT2D eigenvalue weighted by molar-refractivity contribution is 0.283. The normalized spacial score (nSPS) is 21.4. The second-order valence-electron chi connectivity index (χ2n) is 7.62. The molecule has 1 rings (SSSR count). The molecule has 0 amide bonds. The van der Waals surface area contributed by atoms with Gasteiger partial charge in [-0.2, -0.15) is 0 Å². The Bertz CT molecular complexity index is 318. The van der Waals surface area contributed by atoms with E-state index in [9.17, 15) is 0 Å². The van der Waals surface area contributed by atoms with Gasteiger partial charge in [0.05, 0.1) is 0 Å². The summed E-state index contributed by atoms with van der Waals surface area (Å²) in [5.74, 6) is 1.73. The van der Waals surface area contributed by atoms with Gasteiger partial charge in [0.1, 0.15) is 0 Å². The minimum absolute atomic E-state index is 0.346. The highest BCUT2D eigenvalue weighted by Crippen LogP contribution is 2.35. The fourth-order valence-corrected chi connectivity index (χ4v) is 3.86. The molecule has 0 radical (unpaired) electrons. The van der Waals surface area contributed by atoms with E-state index in [0.717, 1.165) is 24.7 Å². The summed E-state index contributed by atoms with van der Waals surface area (Å²) < 4.78 is 0. The van der Waals surface area contributed by atoms with E-state index in [-0.39, 0.29) is 0 Å². The van der Waals surface area contributed by atoms with E-state index in [1.807, 2.05) is 0 Å². The SMILES string of the molecule is CCCCCCCC/C=C/[C@H]1CCC[C@@H]1C/C=C\CCCCCO. The third-order valence-corrected chi connectivity index (χ3v) is 5.46. The summed E-state index contributed by atoms with van der Waals surface area (Å²) in [4.78, 5) is 0. The van der Waals surface area contributed by atoms with Crippen LogP contribution in [0, 0.1) is 11.8 Å². The number of unbranched alkanes of at least 4 members (excludes halogenated alkanes) is 9. The minimum atomic E-state index is 0.346. The Hall–Kier alpha value is -0.560. The third-order valence-electron chi connectivity index (χ3n) is 5.46. The molecule has 2 atom stereocenters. The number of hydrogen-bond donors (Lipinski definition) is 1. The molecule has 1 fully saturated rings. The molecule has 0 aromatic carbocycles. The van der Waals surface area contributed by atoms with Gasteiger partial charge < -0.3 is 5.11 Å². The van der Waals surface area contributed by atoms with Crippen molar-refractivity contribution in [2.75, 3.05) is 6.61 Å². The number of hydrogen-bond acceptors (Lipinski definition) is 1. The average molecular weight is 335 g/mol. The van der Waals surface area contributed by atoms with Gasteiger partial charge in [-0.3, -0.25) is 0 Å². The fourth-order valence-electron chi connectivity index (χ4n) is 3.86. The zero-order valence-corrected chi connectivity index (χ0v) is 16.2. The summed E-state index contributed by atoms with van der Waals surface area (Å²) in [6.07, 6.45) is 29.5. The van der Waals surface area contributed by atoms with Crippen LogP contribution < -0.4 is 0 Å². The van der Waals surface area contributed by atoms with Crippen molar-refractivity contribution in [1.82, 2.24) is 0 Å². The molecule has 0 unspecified atom stereocenters. The maximum absolute atomic E-state index is 8.77. The molecule has 0 aromatic heterocycles. The molecule has 0 spiro atoms. The van der Waals surface area contributed by atoms with Crippen molar-refractivity contribution in [3.8, 4) is 0 Å². The lowest BCUT2D eigenvalue weighted by atomic mass is 9.92. The molecule has 1 aliphatic carbocycles. The number of rotatable bonds is 15. The van der Waals surface area contributed by atoms with E-state index in [1.54, 1.807) is 0 Å². The first-order valence-electron chi connectivity index (χ1n) is 10.8. The van der Waals surface area contributed by atoms with Gasteiger partial charge in [0.2, 0.25) is 0 Å². The molecule has 0 heterocycles. The monoisotopic (exact) mass is 334 g/mol. The van der Waals surface area contributed by atoms with Crippen LogP contribution in [0.15, 0.2) is 24.3 Å². The Morgan fingerprint density at radius 2 is 1.50 bits per heavy atom. The molecule has 24 heavy (non-hydrogen) atoms. The molecule has 0 aliphatic heterocycles. The fraction of sp³-hybridized carbons (Fsp3) is 0.826. The number of aliphatic hydroxyl groups excluding tert-OH is 1. The second kappa shape index (κ2) is 15.9. The van der Waals surface area contributed by atoms with Crippen LogP contribution in [0.3, 0.4) is 0 Å². The number of allylic oxidation sites excluding steroid dienone is 4. The molecule has 1 saturated carbocycles. The van der Waals surface area contributed by atoms with Crippen LogP contribution in [0.1, 0.15) is 103 Å². The van der Waals surface area contributed by atoms with Gasteiger partial charge in [-0.15, -0.1) is 0 Å². The predicted molar refractivity (Wildman–Crippen MR) is 107 cm³/mol. The first-order valence-corrected chi connectivity index (χ1v) is 10.8. The molecular weight excluding hydrogens is 292 g/mol. The molecule has 0 saturated heterocycles. The van der Waals surface area contributed by atoms with Crippen molar-refractivity contribution >= 4 is 0 Å². The molecule has 0 bridgehead atoms. The van der Waals surface area contributed by atoms with E-state index in [2.05, 4.69) is 31.2 Å². The Morgan fingerprint density at radius 3 is 2.29 bits per heavy atom. The maximum Gasteiger partial charge on any atom is 0.0431 e. The Balaban J connectivity index is 2.07. The largest absolute Gasteiger partial charge is 0.396 e. The Morgan fingerprint density at radius 1 is 0.792 bits per heavy atom. The molecule has 1 N–H and O–H groups in total. The van der Waals surface area contributed by atoms with Crippen LogP contribution in [0.5, 0.6) is 0 Å². The van der Waals surface area contributed by atoms with Crippen LogP contribution in [-0.2, 0) is 0 Å². The Kier molecular flexibility index (Phi) is 14.3. The summed E-state index contributed by atoms with van der Waals surface area (Å²) in [7, 11) is 0. The van der Waals surface area contributed by atoms with Crippen LogP contribution >= 0.6 is 0 Å². The first-order chi connectivity index (χ1) is 11.9. The summed E-state index contributed by atoms with van der Waals surface area (Å²) in [5, 5.41) is 8.77. The van der Waals surface area contributed by atoms with Gasteiger partial charge in [-0.1, -0.05) is 76.2 Å². The lowest BCUT2D eigenvalue weighted by Crippen LogP contribution is -2.03. The van der Waals surface area contributed by atoms with Crippen LogP contribution in [0.4, 0.5) is 0 Å². The van der Waals surface area contributed by atoms with Crippen LogP contribution in [-0.4, -0.2) is 11.7 Å².